The smallest absolute Gasteiger partial charge is 0.300 e. The number of aryl methyl sites for hydroxylation is 1. The normalized spacial score (nSPS) is 10.9. The van der Waals surface area contributed by atoms with Gasteiger partial charge in [0.2, 0.25) is 0 Å². The number of carbonyl (C=O) groups is 2. The molecule has 0 aliphatic heterocycles. The van der Waals surface area contributed by atoms with Crippen molar-refractivity contribution < 1.29 is 9.59 Å². The second-order valence-electron chi connectivity index (χ2n) is 8.57. The molecule has 0 atom stereocenters. The number of aromatic nitrogens is 2. The number of hydrogen-bond acceptors (Lipinski definition) is 3. The maximum atomic E-state index is 13.6. The summed E-state index contributed by atoms with van der Waals surface area (Å²) in [6, 6.07) is 24.3. The van der Waals surface area contributed by atoms with Crippen LogP contribution < -0.4 is 4.90 Å². The van der Waals surface area contributed by atoms with Gasteiger partial charge in [0, 0.05) is 45.4 Å². The monoisotopic (exact) mass is 491 g/mol. The summed E-state index contributed by atoms with van der Waals surface area (Å²) >= 11 is 6.02. The van der Waals surface area contributed by atoms with Crippen molar-refractivity contribution in [3.8, 4) is 12.3 Å². The minimum atomic E-state index is -0.679. The van der Waals surface area contributed by atoms with Crippen LogP contribution in [0.15, 0.2) is 85.1 Å². The van der Waals surface area contributed by atoms with E-state index < -0.39 is 11.7 Å². The summed E-state index contributed by atoms with van der Waals surface area (Å²) in [5.74, 6) is 1.22. The van der Waals surface area contributed by atoms with Crippen LogP contribution in [0.2, 0.25) is 5.02 Å². The second-order valence-corrected chi connectivity index (χ2v) is 9.00. The summed E-state index contributed by atoms with van der Waals surface area (Å²) in [6.07, 6.45) is 7.32. The number of ketones is 1. The fourth-order valence-corrected chi connectivity index (χ4v) is 4.46. The minimum Gasteiger partial charge on any atom is -0.342 e. The molecule has 0 spiro atoms. The zero-order valence-corrected chi connectivity index (χ0v) is 20.4. The van der Waals surface area contributed by atoms with Crippen molar-refractivity contribution in [2.75, 3.05) is 11.4 Å². The van der Waals surface area contributed by atoms with E-state index in [-0.39, 0.29) is 6.54 Å². The molecule has 5 aromatic rings. The first kappa shape index (κ1) is 23.3. The van der Waals surface area contributed by atoms with E-state index in [1.165, 1.54) is 4.90 Å². The van der Waals surface area contributed by atoms with Gasteiger partial charge in [-0.25, -0.2) is 0 Å². The van der Waals surface area contributed by atoms with Crippen LogP contribution in [-0.2, 0) is 11.3 Å². The third kappa shape index (κ3) is 4.47. The van der Waals surface area contributed by atoms with Gasteiger partial charge >= 0.3 is 0 Å². The van der Waals surface area contributed by atoms with Crippen molar-refractivity contribution >= 4 is 50.8 Å². The lowest BCUT2D eigenvalue weighted by Crippen LogP contribution is -2.37. The third-order valence-electron chi connectivity index (χ3n) is 6.11. The largest absolute Gasteiger partial charge is 0.342 e. The number of rotatable bonds is 6. The van der Waals surface area contributed by atoms with Gasteiger partial charge in [0.05, 0.1) is 17.6 Å². The fraction of sp³-hybridized carbons (Fsp3) is 0.100. The SMILES string of the molecule is C#CCN(C(=O)C(=O)c1cn(Cc2ccc(Cl)cc2)c2ccccc12)c1ccc2nc(C)ccc2c1. The van der Waals surface area contributed by atoms with Crippen LogP contribution in [0.4, 0.5) is 5.69 Å². The Morgan fingerprint density at radius 2 is 1.81 bits per heavy atom. The zero-order valence-electron chi connectivity index (χ0n) is 19.6. The van der Waals surface area contributed by atoms with Gasteiger partial charge in [-0.2, -0.15) is 0 Å². The number of para-hydroxylation sites is 1. The maximum absolute atomic E-state index is 13.6. The molecule has 0 fully saturated rings. The Morgan fingerprint density at radius 3 is 2.58 bits per heavy atom. The molecule has 0 radical (unpaired) electrons. The van der Waals surface area contributed by atoms with Gasteiger partial charge < -0.3 is 4.57 Å². The number of Topliss-reactive ketones (excluding diaryl/α,β-unsaturated/α-hetero) is 1. The number of carbonyl (C=O) groups excluding carboxylic acids is 2. The molecule has 0 aliphatic rings. The number of halogens is 1. The van der Waals surface area contributed by atoms with E-state index in [9.17, 15) is 9.59 Å². The van der Waals surface area contributed by atoms with Crippen LogP contribution in [0.25, 0.3) is 21.8 Å². The van der Waals surface area contributed by atoms with Crippen LogP contribution in [0.3, 0.4) is 0 Å². The van der Waals surface area contributed by atoms with Gasteiger partial charge in [-0.3, -0.25) is 19.5 Å². The lowest BCUT2D eigenvalue weighted by molar-refractivity contribution is -0.114. The standard InChI is InChI=1S/C30H22ClN3O2/c1-3-16-34(24-14-15-27-22(17-24)11-8-20(2)32-27)30(36)29(35)26-19-33(28-7-5-4-6-25(26)28)18-21-9-12-23(31)13-10-21/h1,4-15,17,19H,16,18H2,2H3. The molecule has 2 aromatic heterocycles. The molecule has 3 aromatic carbocycles. The van der Waals surface area contributed by atoms with Crippen molar-refractivity contribution in [2.45, 2.75) is 13.5 Å². The Balaban J connectivity index is 1.51. The van der Waals surface area contributed by atoms with Gasteiger partial charge in [0.1, 0.15) is 0 Å². The summed E-state index contributed by atoms with van der Waals surface area (Å²) < 4.78 is 1.97. The number of fused-ring (bicyclic) bond motifs is 2. The number of terminal acetylenes is 1. The molecule has 0 unspecified atom stereocenters. The highest BCUT2D eigenvalue weighted by atomic mass is 35.5. The Hall–Kier alpha value is -4.40. The van der Waals surface area contributed by atoms with Gasteiger partial charge in [0.25, 0.3) is 11.7 Å². The minimum absolute atomic E-state index is 0.0290. The topological polar surface area (TPSA) is 55.2 Å². The lowest BCUT2D eigenvalue weighted by atomic mass is 10.1. The predicted octanol–water partition coefficient (Wildman–Crippen LogP) is 6.05. The van der Waals surface area contributed by atoms with Crippen molar-refractivity contribution in [2.24, 2.45) is 0 Å². The van der Waals surface area contributed by atoms with E-state index in [2.05, 4.69) is 10.9 Å². The molecular weight excluding hydrogens is 470 g/mol. The molecular formula is C30H22ClN3O2. The molecule has 0 N–H and O–H groups in total. The molecule has 6 heteroatoms. The Kier molecular flexibility index (Phi) is 6.28. The Morgan fingerprint density at radius 1 is 1.03 bits per heavy atom. The van der Waals surface area contributed by atoms with Crippen molar-refractivity contribution in [3.05, 3.63) is 107 Å². The first-order valence-electron chi connectivity index (χ1n) is 11.4. The molecule has 5 rings (SSSR count). The van der Waals surface area contributed by atoms with Gasteiger partial charge in [-0.15, -0.1) is 6.42 Å². The van der Waals surface area contributed by atoms with Gasteiger partial charge in [-0.1, -0.05) is 53.9 Å². The van der Waals surface area contributed by atoms with E-state index in [4.69, 9.17) is 18.0 Å². The molecule has 0 saturated heterocycles. The van der Waals surface area contributed by atoms with E-state index >= 15 is 0 Å². The molecule has 1 amide bonds. The van der Waals surface area contributed by atoms with E-state index in [0.29, 0.717) is 28.2 Å². The average molecular weight is 492 g/mol. The van der Waals surface area contributed by atoms with Crippen molar-refractivity contribution in [1.29, 1.82) is 0 Å². The zero-order chi connectivity index (χ0) is 25.2. The highest BCUT2D eigenvalue weighted by Crippen LogP contribution is 2.26. The highest BCUT2D eigenvalue weighted by Gasteiger charge is 2.27. The van der Waals surface area contributed by atoms with Crippen LogP contribution in [-0.4, -0.2) is 27.8 Å². The summed E-state index contributed by atoms with van der Waals surface area (Å²) in [7, 11) is 0. The van der Waals surface area contributed by atoms with Crippen LogP contribution >= 0.6 is 11.6 Å². The van der Waals surface area contributed by atoms with E-state index in [0.717, 1.165) is 27.7 Å². The number of amides is 1. The molecule has 0 bridgehead atoms. The van der Waals surface area contributed by atoms with Crippen LogP contribution in [0, 0.1) is 19.3 Å². The summed E-state index contributed by atoms with van der Waals surface area (Å²) in [5, 5.41) is 2.23. The van der Waals surface area contributed by atoms with Crippen LogP contribution in [0.1, 0.15) is 21.6 Å². The molecule has 2 heterocycles. The average Bonchev–Trinajstić information content (AvgIpc) is 3.26. The van der Waals surface area contributed by atoms with Gasteiger partial charge in [-0.05, 0) is 55.0 Å². The highest BCUT2D eigenvalue weighted by molar-refractivity contribution is 6.49. The lowest BCUT2D eigenvalue weighted by Gasteiger charge is -2.20. The third-order valence-corrected chi connectivity index (χ3v) is 6.36. The summed E-state index contributed by atoms with van der Waals surface area (Å²) in [6.45, 7) is 2.42. The maximum Gasteiger partial charge on any atom is 0.300 e. The van der Waals surface area contributed by atoms with E-state index in [1.807, 2.05) is 84.3 Å². The number of pyridine rings is 1. The first-order chi connectivity index (χ1) is 17.4. The predicted molar refractivity (Wildman–Crippen MR) is 144 cm³/mol. The number of nitrogens with zero attached hydrogens (tertiary/aromatic N) is 3. The van der Waals surface area contributed by atoms with Crippen molar-refractivity contribution in [3.63, 3.8) is 0 Å². The molecule has 0 aliphatic carbocycles. The Bertz CT molecular complexity index is 1660. The molecule has 5 nitrogen and oxygen atoms in total. The summed E-state index contributed by atoms with van der Waals surface area (Å²) in [4.78, 5) is 32.9. The van der Waals surface area contributed by atoms with Crippen LogP contribution in [0.5, 0.6) is 0 Å². The van der Waals surface area contributed by atoms with Crippen molar-refractivity contribution in [1.82, 2.24) is 9.55 Å². The number of hydrogen-bond donors (Lipinski definition) is 0. The number of benzene rings is 3. The second kappa shape index (κ2) is 9.69. The first-order valence-corrected chi connectivity index (χ1v) is 11.8. The Labute approximate surface area is 213 Å². The molecule has 0 saturated carbocycles. The van der Waals surface area contributed by atoms with Gasteiger partial charge in [0.15, 0.2) is 0 Å². The number of anilines is 1. The fourth-order valence-electron chi connectivity index (χ4n) is 4.34. The molecule has 36 heavy (non-hydrogen) atoms. The van der Waals surface area contributed by atoms with E-state index in [1.54, 1.807) is 12.3 Å². The molecule has 176 valence electrons. The summed E-state index contributed by atoms with van der Waals surface area (Å²) in [5.41, 5.74) is 4.48. The quantitative estimate of drug-likeness (QED) is 0.165.